The molecule has 1 heterocycles. The molecule has 1 aromatic heterocycles. The molecule has 0 aliphatic rings. The molecule has 10 heteroatoms. The van der Waals surface area contributed by atoms with E-state index < -0.39 is 30.0 Å². The van der Waals surface area contributed by atoms with Crippen LogP contribution < -0.4 is 9.47 Å². The minimum absolute atomic E-state index is 0.0607. The van der Waals surface area contributed by atoms with Gasteiger partial charge in [-0.2, -0.15) is 13.2 Å². The van der Waals surface area contributed by atoms with Crippen LogP contribution >= 0.6 is 0 Å². The number of hydrogen-bond acceptors (Lipinski definition) is 6. The summed E-state index contributed by atoms with van der Waals surface area (Å²) >= 11 is 0. The molecule has 0 fully saturated rings. The molecule has 32 heavy (non-hydrogen) atoms. The summed E-state index contributed by atoms with van der Waals surface area (Å²) in [4.78, 5) is 11.5. The molecule has 0 saturated carbocycles. The molecule has 1 atom stereocenters. The van der Waals surface area contributed by atoms with Gasteiger partial charge in [0.2, 0.25) is 11.8 Å². The van der Waals surface area contributed by atoms with Crippen molar-refractivity contribution < 1.29 is 37.0 Å². The number of methoxy groups -OCH3 is 2. The van der Waals surface area contributed by atoms with Crippen molar-refractivity contribution >= 4 is 5.97 Å². The van der Waals surface area contributed by atoms with Gasteiger partial charge in [0.15, 0.2) is 0 Å². The van der Waals surface area contributed by atoms with Gasteiger partial charge in [-0.3, -0.25) is 4.79 Å². The maximum atomic E-state index is 13.8. The van der Waals surface area contributed by atoms with E-state index in [1.165, 1.54) is 27.2 Å². The molecule has 3 rings (SSSR count). The molecular weight excluding hydrogens is 429 g/mol. The Morgan fingerprint density at radius 2 is 1.69 bits per heavy atom. The van der Waals surface area contributed by atoms with Gasteiger partial charge in [-0.1, -0.05) is 6.07 Å². The van der Waals surface area contributed by atoms with Gasteiger partial charge in [0.25, 0.3) is 0 Å². The number of ether oxygens (including phenoxy) is 2. The summed E-state index contributed by atoms with van der Waals surface area (Å²) in [5.41, 5.74) is 0.352. The lowest BCUT2D eigenvalue weighted by molar-refractivity contribution is -0.138. The Kier molecular flexibility index (Phi) is 6.42. The Balaban J connectivity index is 2.31. The molecule has 170 valence electrons. The van der Waals surface area contributed by atoms with E-state index in [4.69, 9.17) is 13.9 Å². The largest absolute Gasteiger partial charge is 0.496 e. The van der Waals surface area contributed by atoms with E-state index in [0.717, 1.165) is 17.7 Å². The molecule has 0 amide bonds. The lowest BCUT2D eigenvalue weighted by Gasteiger charge is -2.19. The van der Waals surface area contributed by atoms with Crippen molar-refractivity contribution in [3.8, 4) is 22.6 Å². The molecule has 3 aromatic rings. The molecule has 0 bridgehead atoms. The van der Waals surface area contributed by atoms with Crippen molar-refractivity contribution in [2.45, 2.75) is 32.4 Å². The number of aliphatic carboxylic acids is 1. The number of rotatable bonds is 7. The summed E-state index contributed by atoms with van der Waals surface area (Å²) in [6.07, 6.45) is -5.22. The van der Waals surface area contributed by atoms with E-state index in [1.807, 2.05) is 0 Å². The average Bonchev–Trinajstić information content (AvgIpc) is 3.16. The Labute approximate surface area is 181 Å². The van der Waals surface area contributed by atoms with Crippen LogP contribution in [0.25, 0.3) is 11.1 Å². The number of carboxylic acids is 1. The quantitative estimate of drug-likeness (QED) is 0.542. The van der Waals surface area contributed by atoms with Gasteiger partial charge in [-0.15, -0.1) is 10.2 Å². The summed E-state index contributed by atoms with van der Waals surface area (Å²) in [5, 5.41) is 16.9. The SMILES string of the molecule is COc1cc(C)cc(OC)c1-c1cc(C(CC(=O)O)c2nnc(C)o2)cc(C(F)(F)F)c1. The van der Waals surface area contributed by atoms with Gasteiger partial charge < -0.3 is 19.0 Å². The lowest BCUT2D eigenvalue weighted by Crippen LogP contribution is -2.12. The van der Waals surface area contributed by atoms with Crippen LogP contribution in [-0.4, -0.2) is 35.5 Å². The van der Waals surface area contributed by atoms with E-state index in [2.05, 4.69) is 10.2 Å². The van der Waals surface area contributed by atoms with Crippen LogP contribution in [0.15, 0.2) is 34.7 Å². The fourth-order valence-electron chi connectivity index (χ4n) is 3.46. The van der Waals surface area contributed by atoms with Gasteiger partial charge in [0.1, 0.15) is 11.5 Å². The minimum Gasteiger partial charge on any atom is -0.496 e. The Morgan fingerprint density at radius 3 is 2.16 bits per heavy atom. The zero-order valence-electron chi connectivity index (χ0n) is 17.8. The summed E-state index contributed by atoms with van der Waals surface area (Å²) in [7, 11) is 2.81. The van der Waals surface area contributed by atoms with Crippen LogP contribution in [0.2, 0.25) is 0 Å². The first kappa shape index (κ1) is 23.1. The molecule has 7 nitrogen and oxygen atoms in total. The maximum absolute atomic E-state index is 13.8. The molecule has 0 radical (unpaired) electrons. The predicted molar refractivity (Wildman–Crippen MR) is 108 cm³/mol. The third-order valence-electron chi connectivity index (χ3n) is 4.84. The summed E-state index contributed by atoms with van der Waals surface area (Å²) < 4.78 is 57.6. The zero-order valence-corrected chi connectivity index (χ0v) is 17.8. The van der Waals surface area contributed by atoms with Crippen molar-refractivity contribution in [2.75, 3.05) is 14.2 Å². The first-order valence-electron chi connectivity index (χ1n) is 9.50. The fraction of sp³-hybridized carbons (Fsp3) is 0.318. The molecule has 0 saturated heterocycles. The first-order valence-corrected chi connectivity index (χ1v) is 9.50. The Hall–Kier alpha value is -3.56. The monoisotopic (exact) mass is 450 g/mol. The van der Waals surface area contributed by atoms with Crippen molar-refractivity contribution in [2.24, 2.45) is 0 Å². The van der Waals surface area contributed by atoms with E-state index in [0.29, 0.717) is 17.1 Å². The van der Waals surface area contributed by atoms with Crippen LogP contribution in [-0.2, 0) is 11.0 Å². The van der Waals surface area contributed by atoms with Gasteiger partial charge in [0, 0.05) is 6.92 Å². The number of halogens is 3. The molecular formula is C22H21F3N2O5. The lowest BCUT2D eigenvalue weighted by atomic mass is 9.89. The highest BCUT2D eigenvalue weighted by molar-refractivity contribution is 5.79. The first-order chi connectivity index (χ1) is 15.0. The molecule has 0 spiro atoms. The number of carbonyl (C=O) groups is 1. The molecule has 0 aliphatic heterocycles. The highest BCUT2D eigenvalue weighted by Crippen LogP contribution is 2.43. The fourth-order valence-corrected chi connectivity index (χ4v) is 3.46. The smallest absolute Gasteiger partial charge is 0.416 e. The van der Waals surface area contributed by atoms with E-state index in [-0.39, 0.29) is 22.9 Å². The second kappa shape index (κ2) is 8.89. The number of carboxylic acid groups (broad SMARTS) is 1. The number of aryl methyl sites for hydroxylation is 2. The van der Waals surface area contributed by atoms with E-state index >= 15 is 0 Å². The average molecular weight is 450 g/mol. The maximum Gasteiger partial charge on any atom is 0.416 e. The molecule has 1 unspecified atom stereocenters. The van der Waals surface area contributed by atoms with Crippen LogP contribution in [0, 0.1) is 13.8 Å². The predicted octanol–water partition coefficient (Wildman–Crippen LogP) is 5.00. The topological polar surface area (TPSA) is 94.7 Å². The van der Waals surface area contributed by atoms with E-state index in [9.17, 15) is 23.1 Å². The Bertz CT molecular complexity index is 1120. The van der Waals surface area contributed by atoms with Gasteiger partial charge in [0.05, 0.1) is 37.7 Å². The second-order valence-corrected chi connectivity index (χ2v) is 7.20. The molecule has 1 N–H and O–H groups in total. The number of hydrogen-bond donors (Lipinski definition) is 1. The number of aromatic nitrogens is 2. The van der Waals surface area contributed by atoms with E-state index in [1.54, 1.807) is 19.1 Å². The second-order valence-electron chi connectivity index (χ2n) is 7.20. The molecule has 2 aromatic carbocycles. The van der Waals surface area contributed by atoms with Crippen molar-refractivity contribution in [1.29, 1.82) is 0 Å². The van der Waals surface area contributed by atoms with Crippen molar-refractivity contribution in [3.05, 3.63) is 58.8 Å². The third-order valence-corrected chi connectivity index (χ3v) is 4.84. The summed E-state index contributed by atoms with van der Waals surface area (Å²) in [6.45, 7) is 3.31. The van der Waals surface area contributed by atoms with Crippen LogP contribution in [0.3, 0.4) is 0 Å². The van der Waals surface area contributed by atoms with Gasteiger partial charge >= 0.3 is 12.1 Å². The van der Waals surface area contributed by atoms with Crippen LogP contribution in [0.5, 0.6) is 11.5 Å². The normalized spacial score (nSPS) is 12.5. The van der Waals surface area contributed by atoms with Crippen LogP contribution in [0.4, 0.5) is 13.2 Å². The van der Waals surface area contributed by atoms with Gasteiger partial charge in [-0.25, -0.2) is 0 Å². The van der Waals surface area contributed by atoms with Crippen LogP contribution in [0.1, 0.15) is 40.8 Å². The number of nitrogens with zero attached hydrogens (tertiary/aromatic N) is 2. The van der Waals surface area contributed by atoms with Crippen molar-refractivity contribution in [3.63, 3.8) is 0 Å². The zero-order chi connectivity index (χ0) is 23.6. The number of benzene rings is 2. The summed E-state index contributed by atoms with van der Waals surface area (Å²) in [6, 6.07) is 6.67. The highest BCUT2D eigenvalue weighted by atomic mass is 19.4. The Morgan fingerprint density at radius 1 is 1.06 bits per heavy atom. The van der Waals surface area contributed by atoms with Gasteiger partial charge in [-0.05, 0) is 47.9 Å². The summed E-state index contributed by atoms with van der Waals surface area (Å²) in [5.74, 6) is -1.60. The third kappa shape index (κ3) is 4.84. The molecule has 0 aliphatic carbocycles. The standard InChI is InChI=1S/C22H21F3N2O5/c1-11-5-17(30-3)20(18(6-11)31-4)14-7-13(8-15(9-14)22(23,24)25)16(10-19(28)29)21-27-26-12(2)32-21/h5-9,16H,10H2,1-4H3,(H,28,29). The number of alkyl halides is 3. The van der Waals surface area contributed by atoms with Crippen molar-refractivity contribution in [1.82, 2.24) is 10.2 Å². The highest BCUT2D eigenvalue weighted by Gasteiger charge is 2.34. The minimum atomic E-state index is -4.69.